The van der Waals surface area contributed by atoms with Gasteiger partial charge in [0.15, 0.2) is 0 Å². The quantitative estimate of drug-likeness (QED) is 0.815. The van der Waals surface area contributed by atoms with E-state index in [0.29, 0.717) is 6.54 Å². The monoisotopic (exact) mass is 209 g/mol. The SMILES string of the molecule is Cc1nc(CNC(=O)CC#N)sc1C. The molecule has 0 spiro atoms. The number of nitrogens with zero attached hydrogens (tertiary/aromatic N) is 2. The fourth-order valence-corrected chi connectivity index (χ4v) is 1.80. The van der Waals surface area contributed by atoms with Crippen LogP contribution < -0.4 is 5.32 Å². The molecule has 0 saturated carbocycles. The van der Waals surface area contributed by atoms with Crippen molar-refractivity contribution in [3.63, 3.8) is 0 Å². The van der Waals surface area contributed by atoms with Gasteiger partial charge in [0.25, 0.3) is 0 Å². The van der Waals surface area contributed by atoms with Gasteiger partial charge in [0.05, 0.1) is 18.3 Å². The molecule has 1 aromatic heterocycles. The average Bonchev–Trinajstić information content (AvgIpc) is 2.44. The molecule has 1 rings (SSSR count). The number of nitrogens with one attached hydrogen (secondary N) is 1. The van der Waals surface area contributed by atoms with Crippen LogP contribution >= 0.6 is 11.3 Å². The summed E-state index contributed by atoms with van der Waals surface area (Å²) in [7, 11) is 0. The standard InChI is InChI=1S/C9H11N3OS/c1-6-7(2)14-9(12-6)5-11-8(13)3-4-10/h3,5H2,1-2H3,(H,11,13). The first kappa shape index (κ1) is 10.7. The second-order valence-corrected chi connectivity index (χ2v) is 4.15. The van der Waals surface area contributed by atoms with Gasteiger partial charge in [-0.05, 0) is 13.8 Å². The number of aromatic nitrogens is 1. The zero-order valence-corrected chi connectivity index (χ0v) is 8.94. The summed E-state index contributed by atoms with van der Waals surface area (Å²) >= 11 is 1.57. The molecule has 4 nitrogen and oxygen atoms in total. The Morgan fingerprint density at radius 2 is 2.36 bits per heavy atom. The Hall–Kier alpha value is -1.41. The van der Waals surface area contributed by atoms with Crippen LogP contribution in [0.2, 0.25) is 0 Å². The van der Waals surface area contributed by atoms with Crippen molar-refractivity contribution in [2.45, 2.75) is 26.8 Å². The van der Waals surface area contributed by atoms with Crippen molar-refractivity contribution >= 4 is 17.2 Å². The highest BCUT2D eigenvalue weighted by molar-refractivity contribution is 7.11. The number of carbonyl (C=O) groups excluding carboxylic acids is 1. The van der Waals surface area contributed by atoms with Crippen LogP contribution in [0.3, 0.4) is 0 Å². The number of carbonyl (C=O) groups is 1. The molecule has 0 saturated heterocycles. The maximum atomic E-state index is 11.0. The van der Waals surface area contributed by atoms with Crippen molar-refractivity contribution in [1.29, 1.82) is 5.26 Å². The molecule has 0 aliphatic carbocycles. The summed E-state index contributed by atoms with van der Waals surface area (Å²) in [5.74, 6) is -0.252. The highest BCUT2D eigenvalue weighted by Gasteiger charge is 2.05. The fraction of sp³-hybridized carbons (Fsp3) is 0.444. The van der Waals surface area contributed by atoms with E-state index in [1.165, 1.54) is 0 Å². The van der Waals surface area contributed by atoms with E-state index >= 15 is 0 Å². The summed E-state index contributed by atoms with van der Waals surface area (Å²) < 4.78 is 0. The molecule has 1 aromatic rings. The molecule has 0 fully saturated rings. The summed E-state index contributed by atoms with van der Waals surface area (Å²) in [6.07, 6.45) is -0.0939. The molecule has 0 unspecified atom stereocenters. The van der Waals surface area contributed by atoms with Crippen LogP contribution in [0.5, 0.6) is 0 Å². The number of aryl methyl sites for hydroxylation is 2. The van der Waals surface area contributed by atoms with E-state index in [1.807, 2.05) is 13.8 Å². The van der Waals surface area contributed by atoms with Gasteiger partial charge in [-0.1, -0.05) is 0 Å². The normalized spacial score (nSPS) is 9.50. The van der Waals surface area contributed by atoms with Crippen molar-refractivity contribution < 1.29 is 4.79 Å². The Bertz CT molecular complexity index is 358. The van der Waals surface area contributed by atoms with Crippen molar-refractivity contribution in [2.24, 2.45) is 0 Å². The number of thiazole rings is 1. The summed E-state index contributed by atoms with van der Waals surface area (Å²) in [6, 6.07) is 1.79. The zero-order valence-electron chi connectivity index (χ0n) is 8.13. The third kappa shape index (κ3) is 2.82. The predicted molar refractivity (Wildman–Crippen MR) is 53.7 cm³/mol. The van der Waals surface area contributed by atoms with Gasteiger partial charge < -0.3 is 5.32 Å². The molecule has 74 valence electrons. The van der Waals surface area contributed by atoms with Crippen LogP contribution in [0, 0.1) is 25.2 Å². The lowest BCUT2D eigenvalue weighted by atomic mass is 10.4. The fourth-order valence-electron chi connectivity index (χ4n) is 0.923. The number of hydrogen-bond donors (Lipinski definition) is 1. The Morgan fingerprint density at radius 3 is 2.86 bits per heavy atom. The maximum Gasteiger partial charge on any atom is 0.234 e. The molecule has 0 radical (unpaired) electrons. The van der Waals surface area contributed by atoms with Gasteiger partial charge in [-0.25, -0.2) is 4.98 Å². The summed E-state index contributed by atoms with van der Waals surface area (Å²) in [4.78, 5) is 16.4. The van der Waals surface area contributed by atoms with Crippen molar-refractivity contribution in [2.75, 3.05) is 0 Å². The number of rotatable bonds is 3. The van der Waals surface area contributed by atoms with Crippen LogP contribution in [-0.2, 0) is 11.3 Å². The Kier molecular flexibility index (Phi) is 3.60. The summed E-state index contributed by atoms with van der Waals surface area (Å²) in [5, 5.41) is 11.8. The summed E-state index contributed by atoms with van der Waals surface area (Å²) in [6.45, 7) is 4.35. The molecule has 0 aliphatic heterocycles. The minimum Gasteiger partial charge on any atom is -0.349 e. The molecule has 14 heavy (non-hydrogen) atoms. The average molecular weight is 209 g/mol. The van der Waals surface area contributed by atoms with Crippen molar-refractivity contribution in [3.05, 3.63) is 15.6 Å². The van der Waals surface area contributed by atoms with Gasteiger partial charge in [0, 0.05) is 4.88 Å². The Morgan fingerprint density at radius 1 is 1.64 bits per heavy atom. The molecule has 0 bridgehead atoms. The third-order valence-corrected chi connectivity index (χ3v) is 2.82. The van der Waals surface area contributed by atoms with Gasteiger partial charge in [-0.3, -0.25) is 4.79 Å². The van der Waals surface area contributed by atoms with Gasteiger partial charge in [0.2, 0.25) is 5.91 Å². The minimum atomic E-state index is -0.252. The first-order valence-electron chi connectivity index (χ1n) is 4.20. The highest BCUT2D eigenvalue weighted by Crippen LogP contribution is 2.15. The van der Waals surface area contributed by atoms with Crippen LogP contribution in [0.1, 0.15) is 22.0 Å². The topological polar surface area (TPSA) is 65.8 Å². The Labute approximate surface area is 86.6 Å². The highest BCUT2D eigenvalue weighted by atomic mass is 32.1. The number of nitriles is 1. The Balaban J connectivity index is 2.46. The van der Waals surface area contributed by atoms with E-state index in [9.17, 15) is 4.79 Å². The molecule has 1 amide bonds. The molecular formula is C9H11N3OS. The van der Waals surface area contributed by atoms with Gasteiger partial charge in [0.1, 0.15) is 11.4 Å². The molecular weight excluding hydrogens is 198 g/mol. The third-order valence-electron chi connectivity index (χ3n) is 1.75. The lowest BCUT2D eigenvalue weighted by molar-refractivity contribution is -0.120. The van der Waals surface area contributed by atoms with E-state index < -0.39 is 0 Å². The molecule has 0 atom stereocenters. The smallest absolute Gasteiger partial charge is 0.234 e. The lowest BCUT2D eigenvalue weighted by Gasteiger charge is -1.97. The molecule has 0 aromatic carbocycles. The van der Waals surface area contributed by atoms with Crippen molar-refractivity contribution in [1.82, 2.24) is 10.3 Å². The first-order valence-corrected chi connectivity index (χ1v) is 5.01. The van der Waals surface area contributed by atoms with Crippen LogP contribution in [-0.4, -0.2) is 10.9 Å². The first-order chi connectivity index (χ1) is 6.63. The number of amides is 1. The van der Waals surface area contributed by atoms with Gasteiger partial charge in [-0.15, -0.1) is 11.3 Å². The lowest BCUT2D eigenvalue weighted by Crippen LogP contribution is -2.21. The van der Waals surface area contributed by atoms with E-state index in [0.717, 1.165) is 15.6 Å². The van der Waals surface area contributed by atoms with Gasteiger partial charge in [-0.2, -0.15) is 5.26 Å². The second-order valence-electron chi connectivity index (χ2n) is 2.86. The van der Waals surface area contributed by atoms with Crippen LogP contribution in [0.25, 0.3) is 0 Å². The van der Waals surface area contributed by atoms with Crippen LogP contribution in [0.15, 0.2) is 0 Å². The number of hydrogen-bond acceptors (Lipinski definition) is 4. The minimum absolute atomic E-state index is 0.0939. The van der Waals surface area contributed by atoms with E-state index in [2.05, 4.69) is 10.3 Å². The van der Waals surface area contributed by atoms with E-state index in [1.54, 1.807) is 17.4 Å². The maximum absolute atomic E-state index is 11.0. The molecule has 5 heteroatoms. The largest absolute Gasteiger partial charge is 0.349 e. The molecule has 1 N–H and O–H groups in total. The molecule has 1 heterocycles. The second kappa shape index (κ2) is 4.72. The van der Waals surface area contributed by atoms with Gasteiger partial charge >= 0.3 is 0 Å². The van der Waals surface area contributed by atoms with Crippen LogP contribution in [0.4, 0.5) is 0 Å². The predicted octanol–water partition coefficient (Wildman–Crippen LogP) is 1.29. The molecule has 0 aliphatic rings. The van der Waals surface area contributed by atoms with E-state index in [-0.39, 0.29) is 12.3 Å². The summed E-state index contributed by atoms with van der Waals surface area (Å²) in [5.41, 5.74) is 1.000. The zero-order chi connectivity index (χ0) is 10.6. The van der Waals surface area contributed by atoms with E-state index in [4.69, 9.17) is 5.26 Å². The van der Waals surface area contributed by atoms with Crippen molar-refractivity contribution in [3.8, 4) is 6.07 Å².